The SMILES string of the molecule is COc1ccc(S(=O)(=O)N(C)C)cc1N=Cc1cc(Cl)cc(Cl)c1O. The van der Waals surface area contributed by atoms with Gasteiger partial charge in [0.2, 0.25) is 10.0 Å². The maximum atomic E-state index is 12.3. The number of rotatable bonds is 5. The fourth-order valence-electron chi connectivity index (χ4n) is 1.97. The molecule has 9 heteroatoms. The molecular weight excluding hydrogens is 387 g/mol. The van der Waals surface area contributed by atoms with Crippen molar-refractivity contribution in [2.24, 2.45) is 4.99 Å². The van der Waals surface area contributed by atoms with Crippen molar-refractivity contribution in [3.63, 3.8) is 0 Å². The molecule has 0 aliphatic carbocycles. The molecule has 0 saturated heterocycles. The van der Waals surface area contributed by atoms with Gasteiger partial charge >= 0.3 is 0 Å². The number of aliphatic imine (C=N–C) groups is 1. The van der Waals surface area contributed by atoms with Gasteiger partial charge in [-0.3, -0.25) is 4.99 Å². The third-order valence-electron chi connectivity index (χ3n) is 3.33. The number of methoxy groups -OCH3 is 1. The van der Waals surface area contributed by atoms with Gasteiger partial charge < -0.3 is 9.84 Å². The molecule has 0 aliphatic rings. The van der Waals surface area contributed by atoms with Crippen LogP contribution in [0.2, 0.25) is 10.0 Å². The summed E-state index contributed by atoms with van der Waals surface area (Å²) < 4.78 is 30.8. The van der Waals surface area contributed by atoms with Crippen molar-refractivity contribution in [1.29, 1.82) is 0 Å². The van der Waals surface area contributed by atoms with Crippen LogP contribution in [0.3, 0.4) is 0 Å². The molecule has 0 saturated carbocycles. The second-order valence-electron chi connectivity index (χ2n) is 5.20. The third kappa shape index (κ3) is 4.24. The van der Waals surface area contributed by atoms with Gasteiger partial charge in [0.1, 0.15) is 17.2 Å². The van der Waals surface area contributed by atoms with E-state index < -0.39 is 10.0 Å². The van der Waals surface area contributed by atoms with Gasteiger partial charge in [0.15, 0.2) is 0 Å². The Balaban J connectivity index is 2.52. The second-order valence-corrected chi connectivity index (χ2v) is 8.20. The molecule has 0 heterocycles. The van der Waals surface area contributed by atoms with Gasteiger partial charge in [-0.05, 0) is 30.3 Å². The quantitative estimate of drug-likeness (QED) is 0.772. The van der Waals surface area contributed by atoms with Crippen LogP contribution in [-0.4, -0.2) is 45.2 Å². The number of nitrogens with zero attached hydrogens (tertiary/aromatic N) is 2. The lowest BCUT2D eigenvalue weighted by Crippen LogP contribution is -2.22. The highest BCUT2D eigenvalue weighted by atomic mass is 35.5. The summed E-state index contributed by atoms with van der Waals surface area (Å²) >= 11 is 11.8. The van der Waals surface area contributed by atoms with E-state index in [1.165, 1.54) is 57.8 Å². The number of halogens is 2. The molecule has 0 spiro atoms. The van der Waals surface area contributed by atoms with Crippen molar-refractivity contribution in [2.75, 3.05) is 21.2 Å². The Morgan fingerprint density at radius 2 is 1.88 bits per heavy atom. The first-order valence-electron chi connectivity index (χ1n) is 6.99. The van der Waals surface area contributed by atoms with Crippen molar-refractivity contribution in [3.05, 3.63) is 45.9 Å². The Bertz CT molecular complexity index is 928. The van der Waals surface area contributed by atoms with Crippen molar-refractivity contribution >= 4 is 45.1 Å². The molecule has 0 atom stereocenters. The maximum Gasteiger partial charge on any atom is 0.242 e. The number of sulfonamides is 1. The summed E-state index contributed by atoms with van der Waals surface area (Å²) in [5.41, 5.74) is 0.571. The molecule has 134 valence electrons. The second kappa shape index (κ2) is 7.61. The average Bonchev–Trinajstić information content (AvgIpc) is 2.56. The van der Waals surface area contributed by atoms with Gasteiger partial charge in [0, 0.05) is 30.9 Å². The van der Waals surface area contributed by atoms with Gasteiger partial charge in [-0.2, -0.15) is 0 Å². The molecule has 0 aromatic heterocycles. The number of aromatic hydroxyl groups is 1. The molecule has 0 fully saturated rings. The minimum absolute atomic E-state index is 0.0683. The van der Waals surface area contributed by atoms with Crippen molar-refractivity contribution in [1.82, 2.24) is 4.31 Å². The molecule has 2 aromatic carbocycles. The van der Waals surface area contributed by atoms with Crippen LogP contribution in [0.25, 0.3) is 0 Å². The van der Waals surface area contributed by atoms with E-state index >= 15 is 0 Å². The van der Waals surface area contributed by atoms with Gasteiger partial charge in [-0.1, -0.05) is 23.2 Å². The van der Waals surface area contributed by atoms with E-state index in [-0.39, 0.29) is 21.4 Å². The van der Waals surface area contributed by atoms with Gasteiger partial charge in [-0.25, -0.2) is 12.7 Å². The number of hydrogen-bond donors (Lipinski definition) is 1. The van der Waals surface area contributed by atoms with E-state index in [2.05, 4.69) is 4.99 Å². The summed E-state index contributed by atoms with van der Waals surface area (Å²) in [5.74, 6) is 0.201. The number of phenolic OH excluding ortho intramolecular Hbond substituents is 1. The van der Waals surface area contributed by atoms with Crippen molar-refractivity contribution < 1.29 is 18.3 Å². The van der Waals surface area contributed by atoms with E-state index in [9.17, 15) is 13.5 Å². The first-order valence-corrected chi connectivity index (χ1v) is 9.19. The van der Waals surface area contributed by atoms with Crippen molar-refractivity contribution in [3.8, 4) is 11.5 Å². The van der Waals surface area contributed by atoms with E-state index in [1.807, 2.05) is 0 Å². The lowest BCUT2D eigenvalue weighted by atomic mass is 10.2. The average molecular weight is 403 g/mol. The molecule has 25 heavy (non-hydrogen) atoms. The maximum absolute atomic E-state index is 12.3. The number of hydrogen-bond acceptors (Lipinski definition) is 5. The fraction of sp³-hybridized carbons (Fsp3) is 0.188. The van der Waals surface area contributed by atoms with Gasteiger partial charge in [0.25, 0.3) is 0 Å². The van der Waals surface area contributed by atoms with Crippen molar-refractivity contribution in [2.45, 2.75) is 4.90 Å². The largest absolute Gasteiger partial charge is 0.506 e. The number of benzene rings is 2. The Labute approximate surface area is 156 Å². The van der Waals surface area contributed by atoms with Crippen LogP contribution >= 0.6 is 23.2 Å². The molecule has 2 aromatic rings. The number of ether oxygens (including phenoxy) is 1. The summed E-state index contributed by atoms with van der Waals surface area (Å²) in [5, 5.41) is 10.4. The summed E-state index contributed by atoms with van der Waals surface area (Å²) in [6.45, 7) is 0. The summed E-state index contributed by atoms with van der Waals surface area (Å²) in [6.07, 6.45) is 1.33. The highest BCUT2D eigenvalue weighted by molar-refractivity contribution is 7.89. The predicted octanol–water partition coefficient (Wildman–Crippen LogP) is 3.71. The monoisotopic (exact) mass is 402 g/mol. The molecule has 1 N–H and O–H groups in total. The molecule has 6 nitrogen and oxygen atoms in total. The molecule has 0 unspecified atom stereocenters. The lowest BCUT2D eigenvalue weighted by molar-refractivity contribution is 0.416. The topological polar surface area (TPSA) is 79.2 Å². The highest BCUT2D eigenvalue weighted by Crippen LogP contribution is 2.33. The molecule has 0 bridgehead atoms. The zero-order valence-corrected chi connectivity index (χ0v) is 16.0. The van der Waals surface area contributed by atoms with Crippen LogP contribution in [-0.2, 0) is 10.0 Å². The standard InChI is InChI=1S/C16H16Cl2N2O4S/c1-20(2)25(22,23)12-4-5-15(24-3)14(8-12)19-9-10-6-11(17)7-13(18)16(10)21/h4-9,21H,1-3H3. The predicted molar refractivity (Wildman–Crippen MR) is 99.2 cm³/mol. The van der Waals surface area contributed by atoms with Crippen LogP contribution in [0.4, 0.5) is 5.69 Å². The van der Waals surface area contributed by atoms with Crippen LogP contribution < -0.4 is 4.74 Å². The summed E-state index contributed by atoms with van der Waals surface area (Å²) in [7, 11) is 0.708. The Morgan fingerprint density at radius 1 is 1.20 bits per heavy atom. The minimum Gasteiger partial charge on any atom is -0.506 e. The molecule has 2 rings (SSSR count). The van der Waals surface area contributed by atoms with Crippen LogP contribution in [0.1, 0.15) is 5.56 Å². The fourth-order valence-corrected chi connectivity index (χ4v) is 3.40. The Morgan fingerprint density at radius 3 is 2.48 bits per heavy atom. The minimum atomic E-state index is -3.62. The summed E-state index contributed by atoms with van der Waals surface area (Å²) in [4.78, 5) is 4.28. The first kappa shape index (κ1) is 19.5. The molecule has 0 aliphatic heterocycles. The summed E-state index contributed by atoms with van der Waals surface area (Å²) in [6, 6.07) is 7.21. The molecule has 0 radical (unpaired) electrons. The Kier molecular flexibility index (Phi) is 5.95. The third-order valence-corrected chi connectivity index (χ3v) is 5.65. The molecule has 0 amide bonds. The first-order chi connectivity index (χ1) is 11.7. The zero-order valence-electron chi connectivity index (χ0n) is 13.7. The number of phenols is 1. The zero-order chi connectivity index (χ0) is 18.8. The molecular formula is C16H16Cl2N2O4S. The Hall–Kier alpha value is -1.80. The van der Waals surface area contributed by atoms with Crippen LogP contribution in [0.15, 0.2) is 40.2 Å². The lowest BCUT2D eigenvalue weighted by Gasteiger charge is -2.13. The van der Waals surface area contributed by atoms with Gasteiger partial charge in [0.05, 0.1) is 17.0 Å². The van der Waals surface area contributed by atoms with E-state index in [1.54, 1.807) is 0 Å². The van der Waals surface area contributed by atoms with E-state index in [0.29, 0.717) is 16.3 Å². The van der Waals surface area contributed by atoms with Gasteiger partial charge in [-0.15, -0.1) is 0 Å². The normalized spacial score (nSPS) is 12.1. The van der Waals surface area contributed by atoms with Crippen LogP contribution in [0.5, 0.6) is 11.5 Å². The van der Waals surface area contributed by atoms with E-state index in [4.69, 9.17) is 27.9 Å². The highest BCUT2D eigenvalue weighted by Gasteiger charge is 2.19. The smallest absolute Gasteiger partial charge is 0.242 e. The van der Waals surface area contributed by atoms with Crippen LogP contribution in [0, 0.1) is 0 Å². The van der Waals surface area contributed by atoms with E-state index in [0.717, 1.165) is 4.31 Å².